The van der Waals surface area contributed by atoms with E-state index in [2.05, 4.69) is 30.1 Å². The summed E-state index contributed by atoms with van der Waals surface area (Å²) >= 11 is 7.14. The molecule has 1 atom stereocenters. The Kier molecular flexibility index (Phi) is 12.0. The van der Waals surface area contributed by atoms with Gasteiger partial charge in [-0.05, 0) is 74.9 Å². The number of carbonyl (C=O) groups is 1. The summed E-state index contributed by atoms with van der Waals surface area (Å²) in [5.41, 5.74) is 6.38. The zero-order valence-corrected chi connectivity index (χ0v) is 32.6. The Hall–Kier alpha value is -4.89. The van der Waals surface area contributed by atoms with Crippen molar-refractivity contribution in [2.75, 3.05) is 39.7 Å². The Balaban J connectivity index is 1.13. The van der Waals surface area contributed by atoms with Crippen LogP contribution in [0.5, 0.6) is 5.88 Å². The Labute approximate surface area is 329 Å². The van der Waals surface area contributed by atoms with E-state index < -0.39 is 12.2 Å². The number of aliphatic hydroxyl groups excluding tert-OH is 1. The first kappa shape index (κ1) is 39.3. The number of nitrogens with zero attached hydrogens (tertiary/aromatic N) is 7. The number of hydrogen-bond donors (Lipinski definition) is 2. The van der Waals surface area contributed by atoms with Crippen molar-refractivity contribution in [3.05, 3.63) is 82.5 Å². The number of aliphatic hydroxyl groups is 1. The van der Waals surface area contributed by atoms with Crippen LogP contribution in [-0.2, 0) is 22.6 Å². The normalized spacial score (nSPS) is 18.9. The average molecular weight is 787 g/mol. The Morgan fingerprint density at radius 1 is 1.02 bits per heavy atom. The van der Waals surface area contributed by atoms with E-state index in [4.69, 9.17) is 31.0 Å². The fourth-order valence-electron chi connectivity index (χ4n) is 7.77. The number of carbonyl (C=O) groups excluding carboxylic acids is 1. The smallest absolute Gasteiger partial charge is 0.308 e. The van der Waals surface area contributed by atoms with Crippen molar-refractivity contribution in [1.29, 1.82) is 0 Å². The van der Waals surface area contributed by atoms with Crippen LogP contribution in [0.3, 0.4) is 0 Å². The molecule has 294 valence electrons. The number of esters is 1. The van der Waals surface area contributed by atoms with Crippen LogP contribution in [0.25, 0.3) is 33.4 Å². The predicted molar refractivity (Wildman–Crippen MR) is 210 cm³/mol. The fraction of sp³-hybridized carbons (Fsp3) is 0.415. The number of alkyl halides is 2. The molecular weight excluding hydrogens is 742 g/mol. The Morgan fingerprint density at radius 2 is 1.77 bits per heavy atom. The molecule has 2 fully saturated rings. The van der Waals surface area contributed by atoms with Crippen LogP contribution in [0.2, 0.25) is 5.02 Å². The molecule has 56 heavy (non-hydrogen) atoms. The molecule has 0 bridgehead atoms. The van der Waals surface area contributed by atoms with Crippen molar-refractivity contribution < 1.29 is 28.2 Å². The summed E-state index contributed by atoms with van der Waals surface area (Å²) in [5, 5.41) is 13.6. The van der Waals surface area contributed by atoms with Gasteiger partial charge >= 0.3 is 5.97 Å². The number of rotatable bonds is 12. The lowest BCUT2D eigenvalue weighted by Crippen LogP contribution is -2.36. The summed E-state index contributed by atoms with van der Waals surface area (Å²) in [6.45, 7) is 4.27. The second kappa shape index (κ2) is 17.1. The quantitative estimate of drug-likeness (QED) is 0.121. The minimum atomic E-state index is -2.89. The predicted octanol–water partition coefficient (Wildman–Crippen LogP) is 7.53. The molecule has 4 heterocycles. The fourth-order valence-corrected chi connectivity index (χ4v) is 8.10. The highest BCUT2D eigenvalue weighted by molar-refractivity contribution is 6.36. The van der Waals surface area contributed by atoms with Crippen molar-refractivity contribution in [2.24, 2.45) is 5.92 Å². The van der Waals surface area contributed by atoms with Gasteiger partial charge in [-0.3, -0.25) is 24.6 Å². The first-order valence-electron chi connectivity index (χ1n) is 18.7. The van der Waals surface area contributed by atoms with Crippen LogP contribution in [-0.4, -0.2) is 92.3 Å². The van der Waals surface area contributed by atoms with E-state index in [1.165, 1.54) is 7.11 Å². The zero-order chi connectivity index (χ0) is 39.5. The van der Waals surface area contributed by atoms with Gasteiger partial charge in [-0.1, -0.05) is 41.9 Å². The van der Waals surface area contributed by atoms with Gasteiger partial charge in [-0.2, -0.15) is 0 Å². The van der Waals surface area contributed by atoms with E-state index in [-0.39, 0.29) is 23.8 Å². The van der Waals surface area contributed by atoms with Crippen LogP contribution in [0.15, 0.2) is 54.9 Å². The molecule has 0 unspecified atom stereocenters. The number of fused-ring (bicyclic) bond motifs is 1. The monoisotopic (exact) mass is 786 g/mol. The van der Waals surface area contributed by atoms with E-state index in [0.29, 0.717) is 76.7 Å². The molecule has 1 saturated carbocycles. The number of methoxy groups -OCH3 is 2. The van der Waals surface area contributed by atoms with Crippen molar-refractivity contribution in [3.63, 3.8) is 0 Å². The Bertz CT molecular complexity index is 2220. The van der Waals surface area contributed by atoms with Crippen LogP contribution >= 0.6 is 11.6 Å². The summed E-state index contributed by atoms with van der Waals surface area (Å²) < 4.78 is 38.8. The van der Waals surface area contributed by atoms with Crippen LogP contribution in [0.4, 0.5) is 20.3 Å². The third kappa shape index (κ3) is 8.43. The topological polar surface area (TPSA) is 139 Å². The van der Waals surface area contributed by atoms with Crippen molar-refractivity contribution >= 4 is 40.1 Å². The third-order valence-electron chi connectivity index (χ3n) is 10.9. The number of ether oxygens (including phenoxy) is 2. The van der Waals surface area contributed by atoms with Gasteiger partial charge in [0.15, 0.2) is 11.6 Å². The van der Waals surface area contributed by atoms with Crippen LogP contribution < -0.4 is 10.1 Å². The highest BCUT2D eigenvalue weighted by Crippen LogP contribution is 2.40. The number of pyridine rings is 1. The number of likely N-dealkylation sites (tertiary alicyclic amines) is 1. The second-order valence-electron chi connectivity index (χ2n) is 14.5. The van der Waals surface area contributed by atoms with Crippen LogP contribution in [0, 0.1) is 12.8 Å². The molecule has 2 N–H and O–H groups in total. The maximum Gasteiger partial charge on any atom is 0.308 e. The summed E-state index contributed by atoms with van der Waals surface area (Å²) in [7, 11) is 5.05. The van der Waals surface area contributed by atoms with Gasteiger partial charge in [-0.15, -0.1) is 0 Å². The molecule has 12 nitrogen and oxygen atoms in total. The molecule has 7 rings (SSSR count). The lowest BCUT2D eigenvalue weighted by Gasteiger charge is -2.33. The molecular formula is C41H45ClF2N8O4. The molecule has 2 aliphatic rings. The van der Waals surface area contributed by atoms with Gasteiger partial charge in [-0.25, -0.2) is 23.7 Å². The first-order valence-corrected chi connectivity index (χ1v) is 19.1. The van der Waals surface area contributed by atoms with Crippen molar-refractivity contribution in [1.82, 2.24) is 34.7 Å². The molecule has 5 aromatic rings. The average Bonchev–Trinajstić information content (AvgIpc) is 3.62. The molecule has 0 radical (unpaired) electrons. The molecule has 15 heteroatoms. The van der Waals surface area contributed by atoms with Gasteiger partial charge in [0, 0.05) is 55.2 Å². The number of aromatic nitrogens is 5. The number of β-amino-alcohol motifs (C(OH)–C–C–N with tert-alkyl or cyclic N) is 1. The minimum absolute atomic E-state index is 0.0464. The van der Waals surface area contributed by atoms with Gasteiger partial charge in [0.2, 0.25) is 5.88 Å². The van der Waals surface area contributed by atoms with E-state index in [0.717, 1.165) is 54.5 Å². The van der Waals surface area contributed by atoms with E-state index >= 15 is 0 Å². The van der Waals surface area contributed by atoms with Crippen LogP contribution in [0.1, 0.15) is 61.2 Å². The molecule has 1 saturated heterocycles. The second-order valence-corrected chi connectivity index (χ2v) is 14.9. The van der Waals surface area contributed by atoms with Gasteiger partial charge in [0.05, 0.1) is 48.7 Å². The Morgan fingerprint density at radius 3 is 2.48 bits per heavy atom. The highest BCUT2D eigenvalue weighted by Gasteiger charge is 2.30. The lowest BCUT2D eigenvalue weighted by atomic mass is 9.85. The molecule has 1 aliphatic heterocycles. The summed E-state index contributed by atoms with van der Waals surface area (Å²) in [6.07, 6.45) is 4.18. The maximum atomic E-state index is 14.1. The first-order chi connectivity index (χ1) is 27.0. The van der Waals surface area contributed by atoms with Crippen molar-refractivity contribution in [3.8, 4) is 28.3 Å². The molecule has 0 amide bonds. The summed E-state index contributed by atoms with van der Waals surface area (Å²) in [5.74, 6) is -0.221. The molecule has 1 aliphatic carbocycles. The molecule has 3 aromatic heterocycles. The largest absolute Gasteiger partial charge is 0.480 e. The van der Waals surface area contributed by atoms with E-state index in [1.54, 1.807) is 25.6 Å². The lowest BCUT2D eigenvalue weighted by molar-refractivity contribution is -0.146. The number of nitrogens with one attached hydrogen (secondary N) is 1. The number of hydrogen-bond acceptors (Lipinski definition) is 12. The maximum absolute atomic E-state index is 14.1. The standard InChI is InChI=1S/C41H45ClF2N8O4/c1-23-28(7-6-10-31(23)47-38-36-32(48-39(50-38)37(43)44)17-24(18-46-36)20-52-16-15-27(53)21-52)29-8-5-9-30(35(29)42)33-19-45-34(40(49-33)55-3)22-51(2)26-13-11-25(12-14-26)41(54)56-4/h5-10,17-19,25-27,37,53H,11-16,20-22H2,1-4H3,(H,47,48,50)/t25?,26?,27-/m1/s1. The highest BCUT2D eigenvalue weighted by atomic mass is 35.5. The van der Waals surface area contributed by atoms with Gasteiger partial charge in [0.1, 0.15) is 11.2 Å². The number of benzene rings is 2. The number of halogens is 3. The van der Waals surface area contributed by atoms with Gasteiger partial charge in [0.25, 0.3) is 6.43 Å². The zero-order valence-electron chi connectivity index (χ0n) is 31.8. The molecule has 2 aromatic carbocycles. The van der Waals surface area contributed by atoms with Crippen molar-refractivity contribution in [2.45, 2.75) is 70.7 Å². The van der Waals surface area contributed by atoms with E-state index in [1.807, 2.05) is 50.4 Å². The number of anilines is 2. The molecule has 0 spiro atoms. The SMILES string of the molecule is COC(=O)C1CCC(N(C)Cc2ncc(-c3cccc(-c4cccc(Nc5nc(C(F)F)nc6cc(CN7CC[C@@H](O)C7)cnc56)c4C)c3Cl)nc2OC)CC1. The summed E-state index contributed by atoms with van der Waals surface area (Å²) in [6, 6.07) is 13.4. The summed E-state index contributed by atoms with van der Waals surface area (Å²) in [4.78, 5) is 38.8. The van der Waals surface area contributed by atoms with Gasteiger partial charge < -0.3 is 19.9 Å². The van der Waals surface area contributed by atoms with E-state index in [9.17, 15) is 18.7 Å². The minimum Gasteiger partial charge on any atom is -0.480 e. The third-order valence-corrected chi connectivity index (χ3v) is 11.3.